The number of aryl methyl sites for hydroxylation is 2. The van der Waals surface area contributed by atoms with E-state index in [0.29, 0.717) is 0 Å². The summed E-state index contributed by atoms with van der Waals surface area (Å²) < 4.78 is 114. The maximum absolute atomic E-state index is 11.4. The Morgan fingerprint density at radius 3 is 1.51 bits per heavy atom. The number of imidazole rings is 1. The average molecular weight is 634 g/mol. The Kier molecular flexibility index (Phi) is 18.7. The number of hydrogen-bond donors (Lipinski definition) is 0. The number of halogens is 6. The minimum Gasteiger partial charge on any atom is -0.421 e. The molecule has 1 aromatic rings. The fourth-order valence-corrected chi connectivity index (χ4v) is 6.05. The monoisotopic (exact) mass is 633 g/mol. The molecule has 0 unspecified atom stereocenters. The minimum atomic E-state index is -6.72. The van der Waals surface area contributed by atoms with E-state index in [9.17, 15) is 43.2 Å². The zero-order valence-corrected chi connectivity index (χ0v) is 25.0. The van der Waals surface area contributed by atoms with Crippen LogP contribution in [-0.4, -0.2) is 43.9 Å². The molecular weight excluding hydrogens is 592 g/mol. The van der Waals surface area contributed by atoms with Crippen molar-refractivity contribution < 1.29 is 47.7 Å². The Morgan fingerprint density at radius 2 is 1.13 bits per heavy atom. The molecule has 0 atom stereocenters. The van der Waals surface area contributed by atoms with E-state index in [0.717, 1.165) is 4.13 Å². The van der Waals surface area contributed by atoms with Gasteiger partial charge < -0.3 is 4.13 Å². The molecule has 0 saturated heterocycles. The summed E-state index contributed by atoms with van der Waals surface area (Å²) in [6.45, 7) is 3.46. The second kappa shape index (κ2) is 19.2. The van der Waals surface area contributed by atoms with Crippen LogP contribution in [0.4, 0.5) is 26.3 Å². The maximum Gasteiger partial charge on any atom is 0.480 e. The van der Waals surface area contributed by atoms with Crippen LogP contribution in [0.1, 0.15) is 90.4 Å². The van der Waals surface area contributed by atoms with E-state index in [1.807, 2.05) is 0 Å². The molecule has 1 aromatic heterocycles. The fraction of sp³-hybridized carbons (Fsp3) is 0.870. The number of nitrogens with zero attached hydrogens (tertiary/aromatic N) is 3. The number of sulfonamides is 2. The second-order valence-corrected chi connectivity index (χ2v) is 13.7. The summed E-state index contributed by atoms with van der Waals surface area (Å²) in [5, 5.41) is 0. The van der Waals surface area contributed by atoms with Crippen molar-refractivity contribution in [3.8, 4) is 0 Å². The molecule has 1 rings (SSSR count). The number of alkyl halides is 6. The Labute approximate surface area is 233 Å². The first kappa shape index (κ1) is 38.0. The quantitative estimate of drug-likeness (QED) is 0.0913. The smallest absolute Gasteiger partial charge is 0.421 e. The molecule has 0 bridgehead atoms. The van der Waals surface area contributed by atoms with Gasteiger partial charge in [0.05, 0.1) is 13.6 Å². The van der Waals surface area contributed by atoms with E-state index >= 15 is 0 Å². The highest BCUT2D eigenvalue weighted by atomic mass is 32.3. The van der Waals surface area contributed by atoms with Crippen molar-refractivity contribution in [1.29, 1.82) is 0 Å². The first-order valence-electron chi connectivity index (χ1n) is 13.0. The Hall–Kier alpha value is -1.00. The second-order valence-electron chi connectivity index (χ2n) is 9.09. The standard InChI is InChI=1S/C21H41N2S.C2F6NO4S2/c1-3-4-5-6-7-8-9-10-11-14-19-24-20-15-12-13-16-23-18-17-22(2)21-23;3-1(4,5)14(10,11)9-15(12,13)2(6,7)8/h17-18,21H,3-16,19-20H2,1-2H3;/q+1;-1. The van der Waals surface area contributed by atoms with Gasteiger partial charge in [0, 0.05) is 0 Å². The van der Waals surface area contributed by atoms with Crippen LogP contribution in [0.3, 0.4) is 0 Å². The molecule has 0 aliphatic heterocycles. The van der Waals surface area contributed by atoms with Gasteiger partial charge in [-0.25, -0.2) is 26.0 Å². The average Bonchev–Trinajstić information content (AvgIpc) is 3.22. The topological polar surface area (TPSA) is 91.2 Å². The van der Waals surface area contributed by atoms with Crippen molar-refractivity contribution in [2.24, 2.45) is 7.05 Å². The van der Waals surface area contributed by atoms with E-state index in [1.165, 1.54) is 102 Å². The molecular formula is C23H41F6N3O4S3. The van der Waals surface area contributed by atoms with Gasteiger partial charge in [-0.1, -0.05) is 64.7 Å². The predicted molar refractivity (Wildman–Crippen MR) is 142 cm³/mol. The van der Waals surface area contributed by atoms with E-state index in [-0.39, 0.29) is 0 Å². The normalized spacial score (nSPS) is 12.8. The van der Waals surface area contributed by atoms with Gasteiger partial charge in [0.2, 0.25) is 6.33 Å². The molecule has 39 heavy (non-hydrogen) atoms. The van der Waals surface area contributed by atoms with Gasteiger partial charge in [-0.2, -0.15) is 38.1 Å². The zero-order chi connectivity index (χ0) is 30.0. The molecule has 0 amide bonds. The lowest BCUT2D eigenvalue weighted by Gasteiger charge is -2.22. The van der Waals surface area contributed by atoms with Gasteiger partial charge in [-0.15, -0.1) is 0 Å². The van der Waals surface area contributed by atoms with Crippen molar-refractivity contribution in [3.05, 3.63) is 22.8 Å². The van der Waals surface area contributed by atoms with Crippen LogP contribution in [0.25, 0.3) is 4.13 Å². The van der Waals surface area contributed by atoms with E-state index < -0.39 is 31.1 Å². The largest absolute Gasteiger partial charge is 0.480 e. The fourth-order valence-electron chi connectivity index (χ4n) is 3.32. The lowest BCUT2D eigenvalue weighted by Crippen LogP contribution is -2.30. The van der Waals surface area contributed by atoms with Gasteiger partial charge in [0.15, 0.2) is 20.0 Å². The lowest BCUT2D eigenvalue weighted by molar-refractivity contribution is -0.671. The highest BCUT2D eigenvalue weighted by Gasteiger charge is 2.46. The van der Waals surface area contributed by atoms with Crippen LogP contribution in [0.15, 0.2) is 18.7 Å². The Balaban J connectivity index is 0.000000830. The summed E-state index contributed by atoms with van der Waals surface area (Å²) in [4.78, 5) is 0. The third-order valence-electron chi connectivity index (χ3n) is 5.45. The molecule has 16 heteroatoms. The molecule has 0 fully saturated rings. The molecule has 1 heterocycles. The van der Waals surface area contributed by atoms with Crippen molar-refractivity contribution in [1.82, 2.24) is 4.57 Å². The summed E-state index contributed by atoms with van der Waals surface area (Å²) in [7, 11) is -11.4. The lowest BCUT2D eigenvalue weighted by atomic mass is 10.1. The van der Waals surface area contributed by atoms with Gasteiger partial charge in [-0.3, -0.25) is 0 Å². The third-order valence-corrected chi connectivity index (χ3v) is 9.35. The van der Waals surface area contributed by atoms with Crippen LogP contribution in [0.2, 0.25) is 0 Å². The number of thioether (sulfide) groups is 1. The number of unbranched alkanes of at least 4 members (excludes halogenated alkanes) is 11. The van der Waals surface area contributed by atoms with Gasteiger partial charge >= 0.3 is 11.0 Å². The maximum atomic E-state index is 11.4. The summed E-state index contributed by atoms with van der Waals surface area (Å²) in [6, 6.07) is 0. The van der Waals surface area contributed by atoms with Gasteiger partial charge in [-0.05, 0) is 37.2 Å². The molecule has 0 aliphatic carbocycles. The summed E-state index contributed by atoms with van der Waals surface area (Å²) in [5.41, 5.74) is -12.4. The number of rotatable bonds is 19. The highest BCUT2D eigenvalue weighted by Crippen LogP contribution is 2.36. The van der Waals surface area contributed by atoms with Gasteiger partial charge in [0.25, 0.3) is 0 Å². The highest BCUT2D eigenvalue weighted by molar-refractivity contribution is 8.13. The molecule has 0 aliphatic rings. The number of aromatic nitrogens is 2. The van der Waals surface area contributed by atoms with Crippen molar-refractivity contribution in [3.63, 3.8) is 0 Å². The first-order chi connectivity index (χ1) is 18.0. The van der Waals surface area contributed by atoms with Crippen LogP contribution in [-0.2, 0) is 33.6 Å². The molecule has 0 aromatic carbocycles. The predicted octanol–water partition coefficient (Wildman–Crippen LogP) is 7.20. The van der Waals surface area contributed by atoms with Crippen molar-refractivity contribution in [2.45, 2.75) is 108 Å². The molecule has 0 spiro atoms. The molecule has 232 valence electrons. The Morgan fingerprint density at radius 1 is 0.718 bits per heavy atom. The molecule has 0 saturated carbocycles. The zero-order valence-electron chi connectivity index (χ0n) is 22.5. The Bertz CT molecular complexity index is 940. The van der Waals surface area contributed by atoms with Crippen LogP contribution < -0.4 is 4.57 Å². The van der Waals surface area contributed by atoms with Crippen molar-refractivity contribution >= 4 is 31.8 Å². The number of hydrogen-bond acceptors (Lipinski definition) is 5. The summed E-state index contributed by atoms with van der Waals surface area (Å²) in [5.74, 6) is 2.74. The SMILES string of the molecule is CCCCCCCCCCCCSCCCCCn1cc[n+](C)c1.O=S(=O)([N-]S(=O)(=O)C(F)(F)F)C(F)(F)F. The molecule has 7 nitrogen and oxygen atoms in total. The van der Waals surface area contributed by atoms with E-state index in [4.69, 9.17) is 0 Å². The summed E-state index contributed by atoms with van der Waals surface area (Å²) in [6.07, 6.45) is 25.0. The third kappa shape index (κ3) is 18.1. The summed E-state index contributed by atoms with van der Waals surface area (Å²) >= 11 is 2.17. The minimum absolute atomic E-state index is 0.778. The van der Waals surface area contributed by atoms with Crippen molar-refractivity contribution in [2.75, 3.05) is 11.5 Å². The van der Waals surface area contributed by atoms with E-state index in [1.54, 1.807) is 0 Å². The van der Waals surface area contributed by atoms with Crippen LogP contribution >= 0.6 is 11.8 Å². The molecule has 0 radical (unpaired) electrons. The molecule has 0 N–H and O–H groups in total. The van der Waals surface area contributed by atoms with Crippen LogP contribution in [0, 0.1) is 0 Å². The van der Waals surface area contributed by atoms with Gasteiger partial charge in [0.1, 0.15) is 12.4 Å². The first-order valence-corrected chi connectivity index (χ1v) is 17.0. The van der Waals surface area contributed by atoms with E-state index in [2.05, 4.69) is 53.6 Å². The van der Waals surface area contributed by atoms with Crippen LogP contribution in [0.5, 0.6) is 0 Å².